The Morgan fingerprint density at radius 2 is 1.89 bits per heavy atom. The van der Waals surface area contributed by atoms with Gasteiger partial charge in [0.1, 0.15) is 23.7 Å². The third-order valence-electron chi connectivity index (χ3n) is 4.83. The number of halogens is 2. The van der Waals surface area contributed by atoms with E-state index in [0.717, 1.165) is 0 Å². The van der Waals surface area contributed by atoms with Crippen molar-refractivity contribution in [2.45, 2.75) is 51.7 Å². The van der Waals surface area contributed by atoms with Gasteiger partial charge in [-0.25, -0.2) is 8.78 Å². The molecule has 1 N–H and O–H groups in total. The monoisotopic (exact) mass is 376 g/mol. The third-order valence-corrected chi connectivity index (χ3v) is 4.83. The van der Waals surface area contributed by atoms with Crippen LogP contribution in [0.3, 0.4) is 0 Å². The van der Waals surface area contributed by atoms with E-state index >= 15 is 0 Å². The smallest absolute Gasteiger partial charge is 0.313 e. The second-order valence-corrected chi connectivity index (χ2v) is 7.92. The molecule has 0 fully saturated rings. The zero-order valence-corrected chi connectivity index (χ0v) is 15.7. The van der Waals surface area contributed by atoms with Crippen molar-refractivity contribution in [1.82, 2.24) is 0 Å². The second-order valence-electron chi connectivity index (χ2n) is 7.92. The van der Waals surface area contributed by atoms with Crippen LogP contribution in [0.4, 0.5) is 8.78 Å². The van der Waals surface area contributed by atoms with Crippen LogP contribution in [-0.2, 0) is 23.2 Å². The van der Waals surface area contributed by atoms with Gasteiger partial charge < -0.3 is 14.6 Å². The van der Waals surface area contributed by atoms with Gasteiger partial charge in [0.2, 0.25) is 0 Å². The summed E-state index contributed by atoms with van der Waals surface area (Å²) in [5, 5.41) is 9.28. The molecule has 0 saturated heterocycles. The number of benzene rings is 2. The molecule has 0 saturated carbocycles. The van der Waals surface area contributed by atoms with Crippen molar-refractivity contribution in [2.75, 3.05) is 0 Å². The van der Waals surface area contributed by atoms with E-state index in [0.29, 0.717) is 29.0 Å². The molecule has 2 aromatic rings. The van der Waals surface area contributed by atoms with E-state index in [4.69, 9.17) is 9.47 Å². The molecule has 1 aliphatic rings. The fraction of sp³-hybridized carbons (Fsp3) is 0.381. The summed E-state index contributed by atoms with van der Waals surface area (Å²) >= 11 is 0. The van der Waals surface area contributed by atoms with E-state index < -0.39 is 28.6 Å². The average Bonchev–Trinajstić information content (AvgIpc) is 2.89. The number of carboxylic acid groups (broad SMARTS) is 1. The van der Waals surface area contributed by atoms with Crippen molar-refractivity contribution >= 4 is 5.97 Å². The van der Waals surface area contributed by atoms with Gasteiger partial charge in [0.25, 0.3) is 0 Å². The van der Waals surface area contributed by atoms with Crippen molar-refractivity contribution in [3.63, 3.8) is 0 Å². The Bertz CT molecular complexity index is 886. The number of carbonyl (C=O) groups is 1. The van der Waals surface area contributed by atoms with Crippen LogP contribution < -0.4 is 9.47 Å². The average molecular weight is 376 g/mol. The Morgan fingerprint density at radius 1 is 1.26 bits per heavy atom. The molecule has 0 aromatic heterocycles. The lowest BCUT2D eigenvalue weighted by atomic mass is 9.85. The summed E-state index contributed by atoms with van der Waals surface area (Å²) in [6.45, 7) is 6.74. The van der Waals surface area contributed by atoms with Crippen LogP contribution >= 0.6 is 0 Å². The highest BCUT2D eigenvalue weighted by atomic mass is 19.2. The quantitative estimate of drug-likeness (QED) is 0.827. The van der Waals surface area contributed by atoms with Crippen molar-refractivity contribution in [3.8, 4) is 11.5 Å². The molecule has 6 heteroatoms. The standard InChI is InChI=1S/C21H22F2O4/c1-20(2)10-12-9-16(22)17(23)15(18(12)27-20)11-26-14-7-5-13(6-8-14)21(3,4)19(24)25/h5-9H,10-11H2,1-4H3,(H,24,25). The molecule has 0 radical (unpaired) electrons. The molecule has 0 atom stereocenters. The summed E-state index contributed by atoms with van der Waals surface area (Å²) < 4.78 is 39.7. The highest BCUT2D eigenvalue weighted by Crippen LogP contribution is 2.40. The summed E-state index contributed by atoms with van der Waals surface area (Å²) in [5.74, 6) is -2.08. The maximum atomic E-state index is 14.3. The lowest BCUT2D eigenvalue weighted by Gasteiger charge is -2.20. The van der Waals surface area contributed by atoms with E-state index in [1.807, 2.05) is 13.8 Å². The first-order chi connectivity index (χ1) is 12.5. The van der Waals surface area contributed by atoms with E-state index in [1.165, 1.54) is 6.07 Å². The Kier molecular flexibility index (Phi) is 4.62. The van der Waals surface area contributed by atoms with E-state index in [9.17, 15) is 18.7 Å². The topological polar surface area (TPSA) is 55.8 Å². The van der Waals surface area contributed by atoms with Gasteiger partial charge >= 0.3 is 5.97 Å². The molecule has 27 heavy (non-hydrogen) atoms. The lowest BCUT2D eigenvalue weighted by Crippen LogP contribution is -2.28. The predicted octanol–water partition coefficient (Wildman–Crippen LogP) is 4.62. The molecular formula is C21H22F2O4. The minimum absolute atomic E-state index is 0.0468. The van der Waals surface area contributed by atoms with E-state index in [2.05, 4.69) is 0 Å². The number of ether oxygens (including phenoxy) is 2. The predicted molar refractivity (Wildman–Crippen MR) is 96.2 cm³/mol. The molecule has 4 nitrogen and oxygen atoms in total. The molecule has 144 valence electrons. The van der Waals surface area contributed by atoms with Crippen LogP contribution in [0.1, 0.15) is 44.4 Å². The summed E-state index contributed by atoms with van der Waals surface area (Å²) in [5.41, 5.74) is -0.277. The Morgan fingerprint density at radius 3 is 2.48 bits per heavy atom. The number of carboxylic acids is 1. The first-order valence-electron chi connectivity index (χ1n) is 8.67. The molecule has 0 bridgehead atoms. The number of fused-ring (bicyclic) bond motifs is 1. The molecule has 2 aromatic carbocycles. The highest BCUT2D eigenvalue weighted by molar-refractivity contribution is 5.80. The van der Waals surface area contributed by atoms with Gasteiger partial charge in [0, 0.05) is 12.0 Å². The first kappa shape index (κ1) is 19.1. The highest BCUT2D eigenvalue weighted by Gasteiger charge is 2.34. The number of hydrogen-bond donors (Lipinski definition) is 1. The lowest BCUT2D eigenvalue weighted by molar-refractivity contribution is -0.142. The number of hydrogen-bond acceptors (Lipinski definition) is 3. The molecule has 0 aliphatic carbocycles. The van der Waals surface area contributed by atoms with Crippen molar-refractivity contribution in [1.29, 1.82) is 0 Å². The summed E-state index contributed by atoms with van der Waals surface area (Å²) in [6.07, 6.45) is 0.492. The van der Waals surface area contributed by atoms with Gasteiger partial charge in [-0.05, 0) is 51.5 Å². The number of aliphatic carboxylic acids is 1. The van der Waals surface area contributed by atoms with Gasteiger partial charge in [0.05, 0.1) is 11.0 Å². The Balaban J connectivity index is 1.81. The summed E-state index contributed by atoms with van der Waals surface area (Å²) in [7, 11) is 0. The molecule has 0 spiro atoms. The van der Waals surface area contributed by atoms with Crippen LogP contribution in [0.15, 0.2) is 30.3 Å². The maximum absolute atomic E-state index is 14.3. The SMILES string of the molecule is CC1(C)Cc2cc(F)c(F)c(COc3ccc(C(C)(C)C(=O)O)cc3)c2O1. The number of rotatable bonds is 5. The molecule has 3 rings (SSSR count). The Labute approximate surface area is 156 Å². The minimum Gasteiger partial charge on any atom is -0.489 e. The van der Waals surface area contributed by atoms with Gasteiger partial charge in [-0.15, -0.1) is 0 Å². The van der Waals surface area contributed by atoms with Crippen molar-refractivity contribution < 1.29 is 28.2 Å². The van der Waals surface area contributed by atoms with Crippen LogP contribution in [0.2, 0.25) is 0 Å². The fourth-order valence-electron chi connectivity index (χ4n) is 3.12. The van der Waals surface area contributed by atoms with E-state index in [-0.39, 0.29) is 12.2 Å². The molecular weight excluding hydrogens is 354 g/mol. The normalized spacial score (nSPS) is 15.2. The van der Waals surface area contributed by atoms with E-state index in [1.54, 1.807) is 38.1 Å². The maximum Gasteiger partial charge on any atom is 0.313 e. The van der Waals surface area contributed by atoms with Crippen molar-refractivity contribution in [3.05, 3.63) is 58.7 Å². The van der Waals surface area contributed by atoms with Crippen molar-refractivity contribution in [2.24, 2.45) is 0 Å². The first-order valence-corrected chi connectivity index (χ1v) is 8.67. The zero-order chi connectivity index (χ0) is 20.0. The third kappa shape index (κ3) is 3.61. The molecule has 0 unspecified atom stereocenters. The van der Waals surface area contributed by atoms with Gasteiger partial charge in [-0.3, -0.25) is 4.79 Å². The zero-order valence-electron chi connectivity index (χ0n) is 15.7. The van der Waals surface area contributed by atoms with Crippen LogP contribution in [-0.4, -0.2) is 16.7 Å². The van der Waals surface area contributed by atoms with Gasteiger partial charge in [-0.1, -0.05) is 12.1 Å². The van der Waals surface area contributed by atoms with Crippen LogP contribution in [0.25, 0.3) is 0 Å². The molecule has 0 amide bonds. The second kappa shape index (κ2) is 6.51. The summed E-state index contributed by atoms with van der Waals surface area (Å²) in [6, 6.07) is 7.70. The Hall–Kier alpha value is -2.63. The van der Waals surface area contributed by atoms with Gasteiger partial charge in [-0.2, -0.15) is 0 Å². The summed E-state index contributed by atoms with van der Waals surface area (Å²) in [4.78, 5) is 11.3. The van der Waals surface area contributed by atoms with Gasteiger partial charge in [0.15, 0.2) is 11.6 Å². The minimum atomic E-state index is -1.03. The molecule has 1 aliphatic heterocycles. The largest absolute Gasteiger partial charge is 0.489 e. The fourth-order valence-corrected chi connectivity index (χ4v) is 3.12. The van der Waals surface area contributed by atoms with Crippen LogP contribution in [0.5, 0.6) is 11.5 Å². The molecule has 1 heterocycles. The van der Waals surface area contributed by atoms with Crippen LogP contribution in [0, 0.1) is 11.6 Å².